The molecule has 1 atom stereocenters. The summed E-state index contributed by atoms with van der Waals surface area (Å²) in [4.78, 5) is 26.4. The van der Waals surface area contributed by atoms with Crippen molar-refractivity contribution in [1.29, 1.82) is 0 Å². The molecule has 1 aliphatic carbocycles. The molecule has 0 spiro atoms. The molecule has 5 nitrogen and oxygen atoms in total. The van der Waals surface area contributed by atoms with Crippen LogP contribution in [0.5, 0.6) is 5.75 Å². The van der Waals surface area contributed by atoms with Gasteiger partial charge in [-0.1, -0.05) is 46.2 Å². The van der Waals surface area contributed by atoms with E-state index in [2.05, 4.69) is 33.0 Å². The fourth-order valence-electron chi connectivity index (χ4n) is 4.07. The lowest BCUT2D eigenvalue weighted by molar-refractivity contribution is -0.111. The van der Waals surface area contributed by atoms with Crippen molar-refractivity contribution in [3.8, 4) is 5.75 Å². The molecule has 1 unspecified atom stereocenters. The summed E-state index contributed by atoms with van der Waals surface area (Å²) in [6.45, 7) is 9.61. The van der Waals surface area contributed by atoms with E-state index in [1.54, 1.807) is 6.08 Å². The third-order valence-corrected chi connectivity index (χ3v) is 7.36. The minimum absolute atomic E-state index is 0.204. The highest BCUT2D eigenvalue weighted by atomic mass is 32.1. The maximum Gasteiger partial charge on any atom is 0.341 e. The van der Waals surface area contributed by atoms with Crippen LogP contribution in [0.3, 0.4) is 0 Å². The Morgan fingerprint density at radius 2 is 1.94 bits per heavy atom. The van der Waals surface area contributed by atoms with Gasteiger partial charge >= 0.3 is 5.97 Å². The number of hydrogen-bond donors (Lipinski definition) is 1. The molecular formula is C27H35NO4S. The molecule has 1 aromatic heterocycles. The minimum Gasteiger partial charge on any atom is -0.494 e. The fraction of sp³-hybridized carbons (Fsp3) is 0.481. The van der Waals surface area contributed by atoms with Gasteiger partial charge < -0.3 is 14.8 Å². The Labute approximate surface area is 201 Å². The molecule has 0 aliphatic heterocycles. The SMILES string of the molecule is CCCCOc1ccc(C=CC(=O)Nc2sc3c(c2C(=O)OC)CCC(C(C)(C)C)C3)cc1. The van der Waals surface area contributed by atoms with E-state index in [4.69, 9.17) is 9.47 Å². The second kappa shape index (κ2) is 11.0. The van der Waals surface area contributed by atoms with Gasteiger partial charge in [0.25, 0.3) is 0 Å². The molecule has 6 heteroatoms. The van der Waals surface area contributed by atoms with Gasteiger partial charge in [-0.05, 0) is 66.4 Å². The number of methoxy groups -OCH3 is 1. The molecule has 178 valence electrons. The number of hydrogen-bond acceptors (Lipinski definition) is 5. The number of fused-ring (bicyclic) bond motifs is 1. The molecule has 33 heavy (non-hydrogen) atoms. The van der Waals surface area contributed by atoms with Crippen LogP contribution in [0.1, 0.15) is 73.3 Å². The second-order valence-corrected chi connectivity index (χ2v) is 10.7. The van der Waals surface area contributed by atoms with E-state index < -0.39 is 0 Å². The summed E-state index contributed by atoms with van der Waals surface area (Å²) in [5, 5.41) is 3.50. The normalized spacial score (nSPS) is 15.8. The Morgan fingerprint density at radius 1 is 1.21 bits per heavy atom. The van der Waals surface area contributed by atoms with Crippen LogP contribution in [-0.4, -0.2) is 25.6 Å². The number of esters is 1. The van der Waals surface area contributed by atoms with Gasteiger partial charge in [0.1, 0.15) is 10.8 Å². The highest BCUT2D eigenvalue weighted by Gasteiger charge is 2.34. The molecular weight excluding hydrogens is 434 g/mol. The molecule has 0 saturated heterocycles. The molecule has 2 aromatic rings. The maximum absolute atomic E-state index is 12.7. The van der Waals surface area contributed by atoms with E-state index in [1.165, 1.54) is 29.4 Å². The molecule has 0 bridgehead atoms. The summed E-state index contributed by atoms with van der Waals surface area (Å²) >= 11 is 1.50. The highest BCUT2D eigenvalue weighted by molar-refractivity contribution is 7.17. The lowest BCUT2D eigenvalue weighted by Gasteiger charge is -2.33. The zero-order valence-corrected chi connectivity index (χ0v) is 21.1. The van der Waals surface area contributed by atoms with Gasteiger partial charge in [0.05, 0.1) is 19.3 Å². The van der Waals surface area contributed by atoms with Crippen LogP contribution >= 0.6 is 11.3 Å². The number of thiophene rings is 1. The van der Waals surface area contributed by atoms with Crippen LogP contribution in [0.15, 0.2) is 30.3 Å². The Balaban J connectivity index is 1.71. The van der Waals surface area contributed by atoms with E-state index >= 15 is 0 Å². The number of carbonyl (C=O) groups excluding carboxylic acids is 2. The number of benzene rings is 1. The zero-order chi connectivity index (χ0) is 24.0. The van der Waals surface area contributed by atoms with Gasteiger partial charge in [-0.2, -0.15) is 0 Å². The van der Waals surface area contributed by atoms with E-state index in [1.807, 2.05) is 24.3 Å². The number of ether oxygens (including phenoxy) is 2. The third kappa shape index (κ3) is 6.47. The van der Waals surface area contributed by atoms with Crippen molar-refractivity contribution in [1.82, 2.24) is 0 Å². The number of unbranched alkanes of at least 4 members (excludes halogenated alkanes) is 1. The fourth-order valence-corrected chi connectivity index (χ4v) is 5.38. The van der Waals surface area contributed by atoms with Crippen LogP contribution in [0.25, 0.3) is 6.08 Å². The van der Waals surface area contributed by atoms with Crippen molar-refractivity contribution < 1.29 is 19.1 Å². The smallest absolute Gasteiger partial charge is 0.341 e. The van der Waals surface area contributed by atoms with Crippen molar-refractivity contribution in [3.63, 3.8) is 0 Å². The van der Waals surface area contributed by atoms with Crippen molar-refractivity contribution in [2.24, 2.45) is 11.3 Å². The average Bonchev–Trinajstić information content (AvgIpc) is 3.14. The largest absolute Gasteiger partial charge is 0.494 e. The number of anilines is 1. The zero-order valence-electron chi connectivity index (χ0n) is 20.3. The number of carbonyl (C=O) groups is 2. The molecule has 1 heterocycles. The van der Waals surface area contributed by atoms with Crippen LogP contribution in [0, 0.1) is 11.3 Å². The van der Waals surface area contributed by atoms with Gasteiger partial charge in [0, 0.05) is 11.0 Å². The molecule has 0 radical (unpaired) electrons. The third-order valence-electron chi connectivity index (χ3n) is 6.19. The minimum atomic E-state index is -0.389. The Kier molecular flexibility index (Phi) is 8.35. The summed E-state index contributed by atoms with van der Waals surface area (Å²) < 4.78 is 10.7. The van der Waals surface area contributed by atoms with Crippen LogP contribution < -0.4 is 10.1 Å². The predicted octanol–water partition coefficient (Wildman–Crippen LogP) is 6.52. The van der Waals surface area contributed by atoms with Crippen molar-refractivity contribution in [2.45, 2.75) is 59.8 Å². The van der Waals surface area contributed by atoms with Crippen LogP contribution in [0.4, 0.5) is 5.00 Å². The molecule has 1 amide bonds. The first-order chi connectivity index (χ1) is 15.7. The first kappa shape index (κ1) is 25.0. The highest BCUT2D eigenvalue weighted by Crippen LogP contribution is 2.44. The number of rotatable bonds is 8. The Hall–Kier alpha value is -2.60. The Morgan fingerprint density at radius 3 is 2.58 bits per heavy atom. The Bertz CT molecular complexity index is 998. The molecule has 1 N–H and O–H groups in total. The van der Waals surface area contributed by atoms with Gasteiger partial charge in [0.2, 0.25) is 5.91 Å². The quantitative estimate of drug-likeness (QED) is 0.272. The lowest BCUT2D eigenvalue weighted by atomic mass is 9.72. The summed E-state index contributed by atoms with van der Waals surface area (Å²) in [6.07, 6.45) is 8.15. The van der Waals surface area contributed by atoms with Crippen molar-refractivity contribution in [2.75, 3.05) is 19.0 Å². The van der Waals surface area contributed by atoms with E-state index in [9.17, 15) is 9.59 Å². The standard InChI is InChI=1S/C27H35NO4S/c1-6-7-16-32-20-12-8-18(9-13-20)10-15-23(29)28-25-24(26(30)31-5)21-14-11-19(27(2,3)4)17-22(21)33-25/h8-10,12-13,15,19H,6-7,11,14,16-17H2,1-5H3,(H,28,29). The molecule has 3 rings (SSSR count). The van der Waals surface area contributed by atoms with Gasteiger partial charge in [0.15, 0.2) is 0 Å². The maximum atomic E-state index is 12.7. The second-order valence-electron chi connectivity index (χ2n) is 9.60. The van der Waals surface area contributed by atoms with Crippen molar-refractivity contribution >= 4 is 34.3 Å². The van der Waals surface area contributed by atoms with Crippen LogP contribution in [-0.2, 0) is 22.4 Å². The first-order valence-electron chi connectivity index (χ1n) is 11.7. The molecule has 0 fully saturated rings. The van der Waals surface area contributed by atoms with E-state index in [-0.39, 0.29) is 17.3 Å². The summed E-state index contributed by atoms with van der Waals surface area (Å²) in [5.41, 5.74) is 2.65. The first-order valence-corrected chi connectivity index (χ1v) is 12.5. The number of amides is 1. The predicted molar refractivity (Wildman–Crippen MR) is 135 cm³/mol. The van der Waals surface area contributed by atoms with Gasteiger partial charge in [-0.3, -0.25) is 4.79 Å². The molecule has 1 aromatic carbocycles. The van der Waals surface area contributed by atoms with Gasteiger partial charge in [-0.25, -0.2) is 4.79 Å². The van der Waals surface area contributed by atoms with Gasteiger partial charge in [-0.15, -0.1) is 11.3 Å². The summed E-state index contributed by atoms with van der Waals surface area (Å²) in [6, 6.07) is 7.64. The average molecular weight is 470 g/mol. The van der Waals surface area contributed by atoms with E-state index in [0.29, 0.717) is 23.1 Å². The number of nitrogens with one attached hydrogen (secondary N) is 1. The molecule has 0 saturated carbocycles. The summed E-state index contributed by atoms with van der Waals surface area (Å²) in [7, 11) is 1.38. The summed E-state index contributed by atoms with van der Waals surface area (Å²) in [5.74, 6) is 0.714. The lowest BCUT2D eigenvalue weighted by Crippen LogP contribution is -2.26. The van der Waals surface area contributed by atoms with Crippen LogP contribution in [0.2, 0.25) is 0 Å². The topological polar surface area (TPSA) is 64.6 Å². The molecule has 1 aliphatic rings. The monoisotopic (exact) mass is 469 g/mol. The van der Waals surface area contributed by atoms with E-state index in [0.717, 1.165) is 49.0 Å². The van der Waals surface area contributed by atoms with Crippen molar-refractivity contribution in [3.05, 3.63) is 51.9 Å².